The summed E-state index contributed by atoms with van der Waals surface area (Å²) < 4.78 is 7.43. The van der Waals surface area contributed by atoms with E-state index in [4.69, 9.17) is 4.74 Å². The molecule has 1 saturated heterocycles. The van der Waals surface area contributed by atoms with Crippen LogP contribution in [0.1, 0.15) is 29.0 Å². The average molecular weight is 569 g/mol. The Hall–Kier alpha value is -4.40. The van der Waals surface area contributed by atoms with Crippen molar-refractivity contribution < 1.29 is 19.1 Å². The minimum Gasteiger partial charge on any atom is -0.494 e. The molecular formula is C33H36N4O5. The molecule has 2 bridgehead atoms. The predicted molar refractivity (Wildman–Crippen MR) is 157 cm³/mol. The lowest BCUT2D eigenvalue weighted by Crippen LogP contribution is -2.44. The van der Waals surface area contributed by atoms with Gasteiger partial charge in [0.2, 0.25) is 17.7 Å². The number of nitrogens with zero attached hydrogens (tertiary/aromatic N) is 3. The second-order valence-corrected chi connectivity index (χ2v) is 11.4. The number of carbonyl (C=O) groups is 3. The van der Waals surface area contributed by atoms with Crippen LogP contribution >= 0.6 is 0 Å². The molecule has 2 aliphatic heterocycles. The van der Waals surface area contributed by atoms with E-state index < -0.39 is 5.92 Å². The van der Waals surface area contributed by atoms with Crippen LogP contribution in [0.3, 0.4) is 0 Å². The van der Waals surface area contributed by atoms with E-state index in [1.807, 2.05) is 41.3 Å². The van der Waals surface area contributed by atoms with Gasteiger partial charge >= 0.3 is 0 Å². The molecule has 0 spiro atoms. The monoisotopic (exact) mass is 568 g/mol. The molecule has 3 amide bonds. The molecule has 1 aliphatic carbocycles. The molecule has 3 aromatic rings. The van der Waals surface area contributed by atoms with E-state index in [1.54, 1.807) is 23.2 Å². The molecule has 6 rings (SSSR count). The maximum Gasteiger partial charge on any atom is 0.250 e. The Labute approximate surface area is 245 Å². The molecule has 1 fully saturated rings. The number of rotatable bonds is 3. The molecule has 3 aliphatic rings. The summed E-state index contributed by atoms with van der Waals surface area (Å²) in [4.78, 5) is 56.2. The highest BCUT2D eigenvalue weighted by molar-refractivity contribution is 5.85. The van der Waals surface area contributed by atoms with Crippen molar-refractivity contribution in [1.29, 1.82) is 0 Å². The number of benzene rings is 2. The fourth-order valence-electron chi connectivity index (χ4n) is 6.50. The zero-order chi connectivity index (χ0) is 29.1. The Kier molecular flexibility index (Phi) is 8.08. The maximum atomic E-state index is 13.7. The van der Waals surface area contributed by atoms with Gasteiger partial charge in [-0.05, 0) is 54.2 Å². The first-order chi connectivity index (χ1) is 20.5. The Morgan fingerprint density at radius 3 is 2.40 bits per heavy atom. The molecule has 2 aromatic carbocycles. The van der Waals surface area contributed by atoms with Crippen LogP contribution in [-0.2, 0) is 33.8 Å². The topological polar surface area (TPSA) is 101 Å². The zero-order valence-electron chi connectivity index (χ0n) is 23.6. The number of carbonyl (C=O) groups excluding carboxylic acids is 3. The number of fused-ring (bicyclic) bond motifs is 5. The molecule has 9 nitrogen and oxygen atoms in total. The number of pyridine rings is 1. The first-order valence-corrected chi connectivity index (χ1v) is 14.8. The third-order valence-corrected chi connectivity index (χ3v) is 8.73. The number of aromatic nitrogens is 1. The standard InChI is InChI=1S/C33H36N4O5/c38-30-11-3-4-13-36(30)22-31(39)35-14-6-16-42-27-10-5-9-25(19-27)28-20-37(21-29(28)32(40)34-12-15-35)33(41)26-17-23-7-1-2-8-24(23)18-26/h1-5,7-11,13,19,26,28-29H,6,12,14-18,20-22H2,(H,34,40)/t28-,29+/m1/s1. The third-order valence-electron chi connectivity index (χ3n) is 8.73. The fraction of sp³-hybridized carbons (Fsp3) is 0.394. The Balaban J connectivity index is 1.18. The molecule has 1 N–H and O–H groups in total. The first kappa shape index (κ1) is 27.8. The van der Waals surface area contributed by atoms with Gasteiger partial charge in [-0.1, -0.05) is 42.5 Å². The third kappa shape index (κ3) is 5.95. The Bertz CT molecular complexity index is 1510. The number of likely N-dealkylation sites (tertiary alicyclic amines) is 1. The van der Waals surface area contributed by atoms with E-state index in [1.165, 1.54) is 21.8 Å². The van der Waals surface area contributed by atoms with E-state index in [2.05, 4.69) is 17.4 Å². The lowest BCUT2D eigenvalue weighted by atomic mass is 9.88. The van der Waals surface area contributed by atoms with E-state index >= 15 is 0 Å². The number of hydrogen-bond donors (Lipinski definition) is 1. The molecule has 0 radical (unpaired) electrons. The SMILES string of the molecule is O=C1NCCN(C(=O)Cn2ccccc2=O)CCCOc2cccc(c2)[C@H]2CN(C(=O)C3Cc4ccccc4C3)C[C@H]12. The lowest BCUT2D eigenvalue weighted by molar-refractivity contribution is -0.135. The van der Waals surface area contributed by atoms with Crippen molar-refractivity contribution >= 4 is 17.7 Å². The first-order valence-electron chi connectivity index (χ1n) is 14.8. The summed E-state index contributed by atoms with van der Waals surface area (Å²) >= 11 is 0. The van der Waals surface area contributed by atoms with Crippen molar-refractivity contribution in [2.45, 2.75) is 31.7 Å². The van der Waals surface area contributed by atoms with E-state index in [9.17, 15) is 19.2 Å². The van der Waals surface area contributed by atoms with E-state index in [-0.39, 0.29) is 48.2 Å². The van der Waals surface area contributed by atoms with Gasteiger partial charge in [-0.15, -0.1) is 0 Å². The van der Waals surface area contributed by atoms with Crippen LogP contribution in [0.4, 0.5) is 0 Å². The van der Waals surface area contributed by atoms with Crippen molar-refractivity contribution in [2.75, 3.05) is 39.3 Å². The molecular weight excluding hydrogens is 532 g/mol. The summed E-state index contributed by atoms with van der Waals surface area (Å²) in [5.41, 5.74) is 3.21. The number of amides is 3. The van der Waals surface area contributed by atoms with Crippen LogP contribution < -0.4 is 15.6 Å². The average Bonchev–Trinajstić information content (AvgIpc) is 3.64. The smallest absolute Gasteiger partial charge is 0.250 e. The van der Waals surface area contributed by atoms with Crippen molar-refractivity contribution in [3.05, 3.63) is 100.0 Å². The summed E-state index contributed by atoms with van der Waals surface area (Å²) in [7, 11) is 0. The molecule has 9 heteroatoms. The minimum absolute atomic E-state index is 0.0661. The van der Waals surface area contributed by atoms with Crippen molar-refractivity contribution in [2.24, 2.45) is 11.8 Å². The zero-order valence-corrected chi connectivity index (χ0v) is 23.6. The molecule has 42 heavy (non-hydrogen) atoms. The van der Waals surface area contributed by atoms with Crippen molar-refractivity contribution in [1.82, 2.24) is 19.7 Å². The van der Waals surface area contributed by atoms with Crippen LogP contribution in [0, 0.1) is 11.8 Å². The summed E-state index contributed by atoms with van der Waals surface area (Å²) in [5, 5.41) is 3.05. The maximum absolute atomic E-state index is 13.7. The predicted octanol–water partition coefficient (Wildman–Crippen LogP) is 2.23. The number of nitrogens with one attached hydrogen (secondary N) is 1. The molecule has 0 unspecified atom stereocenters. The Morgan fingerprint density at radius 1 is 0.857 bits per heavy atom. The van der Waals surface area contributed by atoms with Gasteiger partial charge in [0, 0.05) is 56.8 Å². The van der Waals surface area contributed by atoms with Gasteiger partial charge in [0.05, 0.1) is 12.5 Å². The second-order valence-electron chi connectivity index (χ2n) is 11.4. The van der Waals surface area contributed by atoms with Crippen LogP contribution in [0.5, 0.6) is 5.75 Å². The Morgan fingerprint density at radius 2 is 1.62 bits per heavy atom. The highest BCUT2D eigenvalue weighted by atomic mass is 16.5. The summed E-state index contributed by atoms with van der Waals surface area (Å²) in [6.07, 6.45) is 3.66. The van der Waals surface area contributed by atoms with Crippen molar-refractivity contribution in [3.8, 4) is 5.75 Å². The van der Waals surface area contributed by atoms with Crippen molar-refractivity contribution in [3.63, 3.8) is 0 Å². The highest BCUT2D eigenvalue weighted by Crippen LogP contribution is 2.37. The van der Waals surface area contributed by atoms with Gasteiger partial charge in [-0.3, -0.25) is 19.2 Å². The quantitative estimate of drug-likeness (QED) is 0.523. The summed E-state index contributed by atoms with van der Waals surface area (Å²) in [6, 6.07) is 20.8. The largest absolute Gasteiger partial charge is 0.494 e. The van der Waals surface area contributed by atoms with Gasteiger partial charge in [0.15, 0.2) is 0 Å². The second kappa shape index (κ2) is 12.2. The normalized spacial score (nSPS) is 21.1. The number of hydrogen-bond acceptors (Lipinski definition) is 5. The number of ether oxygens (including phenoxy) is 1. The highest BCUT2D eigenvalue weighted by Gasteiger charge is 2.42. The van der Waals surface area contributed by atoms with Gasteiger partial charge in [0.1, 0.15) is 12.3 Å². The minimum atomic E-state index is -0.414. The summed E-state index contributed by atoms with van der Waals surface area (Å²) in [6.45, 7) is 2.22. The van der Waals surface area contributed by atoms with Gasteiger partial charge in [-0.25, -0.2) is 0 Å². The van der Waals surface area contributed by atoms with Gasteiger partial charge in [0.25, 0.3) is 5.56 Å². The van der Waals surface area contributed by atoms with Crippen LogP contribution in [0.25, 0.3) is 0 Å². The molecule has 2 atom stereocenters. The van der Waals surface area contributed by atoms with Crippen LogP contribution in [-0.4, -0.2) is 71.4 Å². The van der Waals surface area contributed by atoms with E-state index in [0.717, 1.165) is 18.4 Å². The molecule has 218 valence electrons. The summed E-state index contributed by atoms with van der Waals surface area (Å²) in [5.74, 6) is -0.196. The van der Waals surface area contributed by atoms with Gasteiger partial charge in [-0.2, -0.15) is 0 Å². The van der Waals surface area contributed by atoms with Gasteiger partial charge < -0.3 is 24.4 Å². The lowest BCUT2D eigenvalue weighted by Gasteiger charge is -2.25. The molecule has 3 heterocycles. The van der Waals surface area contributed by atoms with Crippen LogP contribution in [0.15, 0.2) is 77.7 Å². The fourth-order valence-corrected chi connectivity index (χ4v) is 6.50. The molecule has 0 saturated carbocycles. The van der Waals surface area contributed by atoms with E-state index in [0.29, 0.717) is 45.0 Å². The van der Waals surface area contributed by atoms with Crippen LogP contribution in [0.2, 0.25) is 0 Å². The molecule has 1 aromatic heterocycles.